The SMILES string of the molecule is CCN(CCCN(C)C)C(=O)c1c[nH]c2cc(N)ccc12. The molecule has 21 heavy (non-hydrogen) atoms. The third-order valence-electron chi connectivity index (χ3n) is 3.64. The molecule has 0 saturated heterocycles. The van der Waals surface area contributed by atoms with Crippen molar-refractivity contribution in [1.82, 2.24) is 14.8 Å². The summed E-state index contributed by atoms with van der Waals surface area (Å²) in [7, 11) is 4.09. The smallest absolute Gasteiger partial charge is 0.256 e. The highest BCUT2D eigenvalue weighted by atomic mass is 16.2. The highest BCUT2D eigenvalue weighted by molar-refractivity contribution is 6.07. The van der Waals surface area contributed by atoms with Crippen LogP contribution in [0.25, 0.3) is 10.9 Å². The van der Waals surface area contributed by atoms with E-state index in [1.54, 1.807) is 6.20 Å². The third kappa shape index (κ3) is 3.55. The number of anilines is 1. The number of nitrogens with zero attached hydrogens (tertiary/aromatic N) is 2. The topological polar surface area (TPSA) is 65.4 Å². The van der Waals surface area contributed by atoms with Crippen molar-refractivity contribution in [2.45, 2.75) is 13.3 Å². The van der Waals surface area contributed by atoms with Gasteiger partial charge in [0.25, 0.3) is 5.91 Å². The molecular formula is C16H24N4O. The van der Waals surface area contributed by atoms with Crippen LogP contribution in [-0.2, 0) is 0 Å². The Hall–Kier alpha value is -2.01. The number of nitrogen functional groups attached to an aromatic ring is 1. The van der Waals surface area contributed by atoms with Gasteiger partial charge in [-0.05, 0) is 52.2 Å². The maximum atomic E-state index is 12.7. The van der Waals surface area contributed by atoms with Gasteiger partial charge in [-0.1, -0.05) is 0 Å². The predicted molar refractivity (Wildman–Crippen MR) is 87.5 cm³/mol. The molecular weight excluding hydrogens is 264 g/mol. The molecule has 0 spiro atoms. The molecule has 3 N–H and O–H groups in total. The van der Waals surface area contributed by atoms with Gasteiger partial charge in [-0.15, -0.1) is 0 Å². The molecule has 0 atom stereocenters. The molecule has 2 aromatic rings. The van der Waals surface area contributed by atoms with Crippen molar-refractivity contribution in [2.75, 3.05) is 39.5 Å². The molecule has 1 amide bonds. The molecule has 0 aliphatic heterocycles. The number of benzene rings is 1. The minimum absolute atomic E-state index is 0.0762. The first-order valence-corrected chi connectivity index (χ1v) is 7.33. The average Bonchev–Trinajstić information content (AvgIpc) is 2.85. The van der Waals surface area contributed by atoms with Gasteiger partial charge in [-0.2, -0.15) is 0 Å². The lowest BCUT2D eigenvalue weighted by atomic mass is 10.1. The molecule has 1 aromatic carbocycles. The van der Waals surface area contributed by atoms with Crippen molar-refractivity contribution in [3.63, 3.8) is 0 Å². The fourth-order valence-electron chi connectivity index (χ4n) is 2.47. The lowest BCUT2D eigenvalue weighted by Gasteiger charge is -2.21. The van der Waals surface area contributed by atoms with E-state index < -0.39 is 0 Å². The monoisotopic (exact) mass is 288 g/mol. The van der Waals surface area contributed by atoms with Crippen molar-refractivity contribution < 1.29 is 4.79 Å². The van der Waals surface area contributed by atoms with Gasteiger partial charge < -0.3 is 20.5 Å². The van der Waals surface area contributed by atoms with Crippen LogP contribution in [0.4, 0.5) is 5.69 Å². The summed E-state index contributed by atoms with van der Waals surface area (Å²) in [6, 6.07) is 5.59. The standard InChI is InChI=1S/C16H24N4O/c1-4-20(9-5-8-19(2)3)16(21)14-11-18-15-10-12(17)6-7-13(14)15/h6-7,10-11,18H,4-5,8-9,17H2,1-3H3. The van der Waals surface area contributed by atoms with E-state index in [-0.39, 0.29) is 5.91 Å². The fraction of sp³-hybridized carbons (Fsp3) is 0.438. The van der Waals surface area contributed by atoms with E-state index in [1.165, 1.54) is 0 Å². The van der Waals surface area contributed by atoms with Crippen LogP contribution in [0.1, 0.15) is 23.7 Å². The van der Waals surface area contributed by atoms with E-state index in [0.29, 0.717) is 12.2 Å². The van der Waals surface area contributed by atoms with Crippen LogP contribution in [0.2, 0.25) is 0 Å². The summed E-state index contributed by atoms with van der Waals surface area (Å²) in [5.41, 5.74) is 8.09. The van der Waals surface area contributed by atoms with Gasteiger partial charge in [0.05, 0.1) is 5.56 Å². The molecule has 0 unspecified atom stereocenters. The Bertz CT molecular complexity index is 618. The Labute approximate surface area is 125 Å². The number of aromatic nitrogens is 1. The minimum atomic E-state index is 0.0762. The molecule has 0 aliphatic rings. The summed E-state index contributed by atoms with van der Waals surface area (Å²) in [5, 5.41) is 0.931. The zero-order chi connectivity index (χ0) is 15.4. The first-order chi connectivity index (χ1) is 10.0. The van der Waals surface area contributed by atoms with Crippen LogP contribution in [0.15, 0.2) is 24.4 Å². The number of carbonyl (C=O) groups is 1. The Morgan fingerprint density at radius 2 is 2.05 bits per heavy atom. The Balaban J connectivity index is 2.15. The van der Waals surface area contributed by atoms with Crippen LogP contribution in [0.5, 0.6) is 0 Å². The molecule has 0 fully saturated rings. The average molecular weight is 288 g/mol. The van der Waals surface area contributed by atoms with Gasteiger partial charge in [-0.3, -0.25) is 4.79 Å². The number of fused-ring (bicyclic) bond motifs is 1. The van der Waals surface area contributed by atoms with Gasteiger partial charge in [0, 0.05) is 35.9 Å². The van der Waals surface area contributed by atoms with Crippen LogP contribution >= 0.6 is 0 Å². The van der Waals surface area contributed by atoms with E-state index in [0.717, 1.165) is 36.0 Å². The van der Waals surface area contributed by atoms with Gasteiger partial charge >= 0.3 is 0 Å². The third-order valence-corrected chi connectivity index (χ3v) is 3.64. The maximum Gasteiger partial charge on any atom is 0.256 e. The quantitative estimate of drug-likeness (QED) is 0.801. The van der Waals surface area contributed by atoms with Crippen LogP contribution in [0.3, 0.4) is 0 Å². The van der Waals surface area contributed by atoms with Crippen LogP contribution in [-0.4, -0.2) is 54.4 Å². The number of amides is 1. The van der Waals surface area contributed by atoms with E-state index in [1.807, 2.05) is 44.1 Å². The van der Waals surface area contributed by atoms with Crippen molar-refractivity contribution in [1.29, 1.82) is 0 Å². The number of rotatable bonds is 6. The number of aromatic amines is 1. The molecule has 0 aliphatic carbocycles. The normalized spacial score (nSPS) is 11.2. The summed E-state index contributed by atoms with van der Waals surface area (Å²) >= 11 is 0. The Morgan fingerprint density at radius 3 is 2.71 bits per heavy atom. The van der Waals surface area contributed by atoms with Crippen molar-refractivity contribution in [3.05, 3.63) is 30.0 Å². The second-order valence-corrected chi connectivity index (χ2v) is 5.55. The number of nitrogens with two attached hydrogens (primary N) is 1. The molecule has 1 aromatic heterocycles. The summed E-state index contributed by atoms with van der Waals surface area (Å²) in [6.07, 6.45) is 2.75. The van der Waals surface area contributed by atoms with Crippen molar-refractivity contribution >= 4 is 22.5 Å². The van der Waals surface area contributed by atoms with Gasteiger partial charge in [0.2, 0.25) is 0 Å². The first kappa shape index (κ1) is 15.4. The predicted octanol–water partition coefficient (Wildman–Crippen LogP) is 2.16. The number of nitrogens with one attached hydrogen (secondary N) is 1. The Morgan fingerprint density at radius 1 is 1.29 bits per heavy atom. The van der Waals surface area contributed by atoms with E-state index in [9.17, 15) is 4.79 Å². The van der Waals surface area contributed by atoms with Gasteiger partial charge in [-0.25, -0.2) is 0 Å². The zero-order valence-corrected chi connectivity index (χ0v) is 13.0. The second-order valence-electron chi connectivity index (χ2n) is 5.55. The number of hydrogen-bond acceptors (Lipinski definition) is 3. The highest BCUT2D eigenvalue weighted by Gasteiger charge is 2.17. The van der Waals surface area contributed by atoms with E-state index >= 15 is 0 Å². The zero-order valence-electron chi connectivity index (χ0n) is 13.0. The van der Waals surface area contributed by atoms with Crippen LogP contribution in [0, 0.1) is 0 Å². The molecule has 0 saturated carbocycles. The first-order valence-electron chi connectivity index (χ1n) is 7.33. The Kier molecular flexibility index (Phi) is 4.85. The van der Waals surface area contributed by atoms with Gasteiger partial charge in [0.15, 0.2) is 0 Å². The summed E-state index contributed by atoms with van der Waals surface area (Å²) in [4.78, 5) is 19.8. The molecule has 5 nitrogen and oxygen atoms in total. The fourth-order valence-corrected chi connectivity index (χ4v) is 2.47. The highest BCUT2D eigenvalue weighted by Crippen LogP contribution is 2.22. The lowest BCUT2D eigenvalue weighted by molar-refractivity contribution is 0.0761. The molecule has 1 heterocycles. The van der Waals surface area contributed by atoms with Crippen LogP contribution < -0.4 is 5.73 Å². The molecule has 5 heteroatoms. The second kappa shape index (κ2) is 6.63. The van der Waals surface area contributed by atoms with Crippen molar-refractivity contribution in [3.8, 4) is 0 Å². The lowest BCUT2D eigenvalue weighted by Crippen LogP contribution is -2.33. The number of carbonyl (C=O) groups excluding carboxylic acids is 1. The molecule has 0 radical (unpaired) electrons. The molecule has 2 rings (SSSR count). The summed E-state index contributed by atoms with van der Waals surface area (Å²) in [6.45, 7) is 4.48. The largest absolute Gasteiger partial charge is 0.399 e. The summed E-state index contributed by atoms with van der Waals surface area (Å²) in [5.74, 6) is 0.0762. The van der Waals surface area contributed by atoms with E-state index in [2.05, 4.69) is 9.88 Å². The number of H-pyrrole nitrogens is 1. The molecule has 114 valence electrons. The van der Waals surface area contributed by atoms with Gasteiger partial charge in [0.1, 0.15) is 0 Å². The minimum Gasteiger partial charge on any atom is -0.399 e. The number of hydrogen-bond donors (Lipinski definition) is 2. The molecule has 0 bridgehead atoms. The van der Waals surface area contributed by atoms with E-state index in [4.69, 9.17) is 5.73 Å². The van der Waals surface area contributed by atoms with Crippen molar-refractivity contribution in [2.24, 2.45) is 0 Å². The maximum absolute atomic E-state index is 12.7. The summed E-state index contributed by atoms with van der Waals surface area (Å²) < 4.78 is 0.